The first kappa shape index (κ1) is 12.7. The average molecular weight is 226 g/mol. The molecule has 2 nitrogen and oxygen atoms in total. The van der Waals surface area contributed by atoms with Crippen molar-refractivity contribution in [3.8, 4) is 0 Å². The van der Waals surface area contributed by atoms with Crippen LogP contribution < -0.4 is 0 Å². The number of ether oxygens (including phenoxy) is 1. The number of thiazole rings is 1. The van der Waals surface area contributed by atoms with Crippen LogP contribution in [0, 0.1) is 12.8 Å². The lowest BCUT2D eigenvalue weighted by Crippen LogP contribution is -2.04. The second-order valence-electron chi connectivity index (χ2n) is 4.09. The van der Waals surface area contributed by atoms with Gasteiger partial charge in [-0.1, -0.05) is 13.8 Å². The van der Waals surface area contributed by atoms with E-state index in [1.54, 1.807) is 11.3 Å². The summed E-state index contributed by atoms with van der Waals surface area (Å²) in [7, 11) is 0. The lowest BCUT2D eigenvalue weighted by atomic mass is 10.1. The molecule has 0 spiro atoms. The van der Waals surface area contributed by atoms with E-state index in [1.807, 2.05) is 11.6 Å². The molecule has 0 saturated heterocycles. The normalized spacial score (nSPS) is 13.3. The van der Waals surface area contributed by atoms with Gasteiger partial charge in [-0.25, -0.2) is 4.98 Å². The van der Waals surface area contributed by atoms with Crippen molar-refractivity contribution in [1.82, 2.24) is 4.98 Å². The van der Waals surface area contributed by atoms with Crippen LogP contribution in [-0.4, -0.2) is 18.2 Å². The van der Waals surface area contributed by atoms with Crippen LogP contribution in [0.4, 0.5) is 0 Å². The third kappa shape index (κ3) is 5.28. The second kappa shape index (κ2) is 6.96. The zero-order valence-corrected chi connectivity index (χ0v) is 10.4. The minimum atomic E-state index is 0.390. The first-order valence-electron chi connectivity index (χ1n) is 5.50. The Morgan fingerprint density at radius 3 is 2.93 bits per heavy atom. The largest absolute Gasteiger partial charge is 0.381 e. The van der Waals surface area contributed by atoms with Gasteiger partial charge in [-0.3, -0.25) is 0 Å². The van der Waals surface area contributed by atoms with Gasteiger partial charge >= 0.3 is 0 Å². The van der Waals surface area contributed by atoms with Crippen LogP contribution in [0.5, 0.6) is 0 Å². The Balaban J connectivity index is 2.05. The monoisotopic (exact) mass is 226 g/mol. The summed E-state index contributed by atoms with van der Waals surface area (Å²) in [5.74, 6) is 0.951. The van der Waals surface area contributed by atoms with Gasteiger partial charge in [0.1, 0.15) is 0 Å². The first-order chi connectivity index (χ1) is 7.20. The fourth-order valence-electron chi connectivity index (χ4n) is 1.38. The van der Waals surface area contributed by atoms with E-state index in [2.05, 4.69) is 25.8 Å². The average Bonchev–Trinajstić information content (AvgIpc) is 2.69. The molecule has 0 aliphatic heterocycles. The van der Waals surface area contributed by atoms with Crippen molar-refractivity contribution in [3.05, 3.63) is 23.5 Å². The van der Waals surface area contributed by atoms with Crippen molar-refractivity contribution in [2.24, 2.45) is 5.92 Å². The quantitative estimate of drug-likeness (QED) is 0.664. The molecule has 1 radical (unpaired) electrons. The Hall–Kier alpha value is -0.410. The van der Waals surface area contributed by atoms with Gasteiger partial charge < -0.3 is 4.74 Å². The Labute approximate surface area is 96.7 Å². The molecule has 0 fully saturated rings. The van der Waals surface area contributed by atoms with Crippen molar-refractivity contribution in [3.63, 3.8) is 0 Å². The molecule has 0 aliphatic rings. The SMILES string of the molecule is [CH2]C(C)COCCCC(C)c1nccs1. The molecule has 0 bridgehead atoms. The van der Waals surface area contributed by atoms with Gasteiger partial charge in [0.25, 0.3) is 0 Å². The molecular weight excluding hydrogens is 206 g/mol. The van der Waals surface area contributed by atoms with E-state index < -0.39 is 0 Å². The Bertz CT molecular complexity index is 246. The van der Waals surface area contributed by atoms with Gasteiger partial charge in [-0.2, -0.15) is 0 Å². The molecular formula is C12H20NOS. The van der Waals surface area contributed by atoms with Gasteiger partial charge in [0.15, 0.2) is 0 Å². The maximum Gasteiger partial charge on any atom is 0.0953 e. The van der Waals surface area contributed by atoms with Crippen LogP contribution in [0.3, 0.4) is 0 Å². The highest BCUT2D eigenvalue weighted by Gasteiger charge is 2.07. The molecule has 0 aliphatic carbocycles. The maximum absolute atomic E-state index is 5.48. The van der Waals surface area contributed by atoms with E-state index in [4.69, 9.17) is 4.74 Å². The molecule has 0 saturated carbocycles. The van der Waals surface area contributed by atoms with Crippen LogP contribution >= 0.6 is 11.3 Å². The maximum atomic E-state index is 5.48. The summed E-state index contributed by atoms with van der Waals surface area (Å²) in [6.07, 6.45) is 4.13. The van der Waals surface area contributed by atoms with E-state index in [-0.39, 0.29) is 0 Å². The van der Waals surface area contributed by atoms with E-state index in [0.29, 0.717) is 11.8 Å². The number of nitrogens with zero attached hydrogens (tertiary/aromatic N) is 1. The van der Waals surface area contributed by atoms with Gasteiger partial charge in [-0.05, 0) is 25.7 Å². The number of hydrogen-bond donors (Lipinski definition) is 0. The predicted octanol–water partition coefficient (Wildman–Crippen LogP) is 3.51. The lowest BCUT2D eigenvalue weighted by molar-refractivity contribution is 0.112. The fourth-order valence-corrected chi connectivity index (χ4v) is 2.11. The molecule has 15 heavy (non-hydrogen) atoms. The highest BCUT2D eigenvalue weighted by molar-refractivity contribution is 7.09. The Kier molecular flexibility index (Phi) is 5.88. The summed E-state index contributed by atoms with van der Waals surface area (Å²) < 4.78 is 5.48. The van der Waals surface area contributed by atoms with Crippen molar-refractivity contribution < 1.29 is 4.74 Å². The smallest absolute Gasteiger partial charge is 0.0953 e. The van der Waals surface area contributed by atoms with Crippen molar-refractivity contribution >= 4 is 11.3 Å². The molecule has 2 unspecified atom stereocenters. The summed E-state index contributed by atoms with van der Waals surface area (Å²) in [6, 6.07) is 0. The standard InChI is InChI=1S/C12H20NOS/c1-10(2)9-14-7-4-5-11(3)12-13-6-8-15-12/h6,8,10-11H,1,4-5,7,9H2,2-3H3. The van der Waals surface area contributed by atoms with E-state index >= 15 is 0 Å². The summed E-state index contributed by atoms with van der Waals surface area (Å²) >= 11 is 1.74. The molecule has 0 N–H and O–H groups in total. The topological polar surface area (TPSA) is 22.1 Å². The zero-order valence-electron chi connectivity index (χ0n) is 9.61. The summed E-state index contributed by atoms with van der Waals surface area (Å²) in [4.78, 5) is 4.31. The van der Waals surface area contributed by atoms with Crippen LogP contribution in [0.15, 0.2) is 11.6 Å². The Morgan fingerprint density at radius 2 is 2.33 bits per heavy atom. The highest BCUT2D eigenvalue weighted by atomic mass is 32.1. The van der Waals surface area contributed by atoms with Crippen LogP contribution in [-0.2, 0) is 4.74 Å². The molecule has 0 amide bonds. The van der Waals surface area contributed by atoms with Crippen LogP contribution in [0.1, 0.15) is 37.6 Å². The summed E-state index contributed by atoms with van der Waals surface area (Å²) in [6.45, 7) is 9.78. The zero-order chi connectivity index (χ0) is 11.1. The van der Waals surface area contributed by atoms with Gasteiger partial charge in [-0.15, -0.1) is 11.3 Å². The Morgan fingerprint density at radius 1 is 1.53 bits per heavy atom. The van der Waals surface area contributed by atoms with Crippen molar-refractivity contribution in [2.45, 2.75) is 32.6 Å². The molecule has 2 atom stereocenters. The molecule has 1 aromatic rings. The van der Waals surface area contributed by atoms with E-state index in [9.17, 15) is 0 Å². The molecule has 0 aromatic carbocycles. The van der Waals surface area contributed by atoms with Crippen LogP contribution in [0.25, 0.3) is 0 Å². The second-order valence-corrected chi connectivity index (χ2v) is 5.02. The lowest BCUT2D eigenvalue weighted by Gasteiger charge is -2.09. The fraction of sp³-hybridized carbons (Fsp3) is 0.667. The third-order valence-corrected chi connectivity index (χ3v) is 3.21. The van der Waals surface area contributed by atoms with Crippen molar-refractivity contribution in [1.29, 1.82) is 0 Å². The minimum Gasteiger partial charge on any atom is -0.381 e. The molecule has 1 rings (SSSR count). The van der Waals surface area contributed by atoms with Crippen LogP contribution in [0.2, 0.25) is 0 Å². The van der Waals surface area contributed by atoms with Gasteiger partial charge in [0.2, 0.25) is 0 Å². The highest BCUT2D eigenvalue weighted by Crippen LogP contribution is 2.22. The third-order valence-electron chi connectivity index (χ3n) is 2.20. The summed E-state index contributed by atoms with van der Waals surface area (Å²) in [5.41, 5.74) is 0. The predicted molar refractivity (Wildman–Crippen MR) is 65.1 cm³/mol. The minimum absolute atomic E-state index is 0.390. The van der Waals surface area contributed by atoms with Gasteiger partial charge in [0, 0.05) is 30.7 Å². The van der Waals surface area contributed by atoms with E-state index in [1.165, 1.54) is 5.01 Å². The molecule has 1 aromatic heterocycles. The number of hydrogen-bond acceptors (Lipinski definition) is 3. The number of rotatable bonds is 7. The number of aromatic nitrogens is 1. The first-order valence-corrected chi connectivity index (χ1v) is 6.38. The molecule has 85 valence electrons. The molecule has 3 heteroatoms. The van der Waals surface area contributed by atoms with Crippen molar-refractivity contribution in [2.75, 3.05) is 13.2 Å². The molecule has 1 heterocycles. The van der Waals surface area contributed by atoms with Gasteiger partial charge in [0.05, 0.1) is 5.01 Å². The summed E-state index contributed by atoms with van der Waals surface area (Å²) in [5, 5.41) is 3.27. The van der Waals surface area contributed by atoms with E-state index in [0.717, 1.165) is 26.1 Å².